The summed E-state index contributed by atoms with van der Waals surface area (Å²) in [5, 5.41) is 9.38. The molecule has 1 aliphatic rings. The van der Waals surface area contributed by atoms with Gasteiger partial charge >= 0.3 is 12.1 Å². The molecule has 2 aromatic carbocycles. The quantitative estimate of drug-likeness (QED) is 0.409. The first-order chi connectivity index (χ1) is 18.5. The molecule has 0 amide bonds. The standard InChI is InChI=1S/C26H28F4N4O5S/c1-25(2,24(35)36)14-39-22-11-23-21(10-20(22)26(28,29)30)34(18-7-5-16(27)6-8-18)13-19(33(4)40(23,37)38)9-17-12-32(3)15-31-17/h5-8,10-12,15,19H,9,13-14H2,1-4H3,(H,35,36)/t19-/m1/s1. The Balaban J connectivity index is 1.92. The summed E-state index contributed by atoms with van der Waals surface area (Å²) in [6.07, 6.45) is -1.57. The first-order valence-electron chi connectivity index (χ1n) is 12.1. The van der Waals surface area contributed by atoms with Crippen LogP contribution in [0.1, 0.15) is 25.1 Å². The molecule has 0 saturated carbocycles. The SMILES string of the molecule is CN1[C@H](Cc2cn(C)cn2)CN(c2ccc(F)cc2)c2cc(C(F)(F)F)c(OCC(C)(C)C(=O)O)cc2S1(=O)=O. The zero-order chi connectivity index (χ0) is 29.6. The second-order valence-corrected chi connectivity index (χ2v) is 12.3. The minimum Gasteiger partial charge on any atom is -0.492 e. The number of fused-ring (bicyclic) bond motifs is 1. The van der Waals surface area contributed by atoms with E-state index >= 15 is 0 Å². The molecule has 9 nitrogen and oxygen atoms in total. The van der Waals surface area contributed by atoms with E-state index in [4.69, 9.17) is 4.74 Å². The molecule has 14 heteroatoms. The number of hydrogen-bond acceptors (Lipinski definition) is 6. The van der Waals surface area contributed by atoms with E-state index in [9.17, 15) is 35.9 Å². The van der Waals surface area contributed by atoms with Gasteiger partial charge in [0.2, 0.25) is 10.0 Å². The van der Waals surface area contributed by atoms with Crippen molar-refractivity contribution in [1.29, 1.82) is 0 Å². The number of carboxylic acid groups (broad SMARTS) is 1. The van der Waals surface area contributed by atoms with Crippen LogP contribution < -0.4 is 9.64 Å². The Kier molecular flexibility index (Phi) is 7.62. The number of ether oxygens (including phenoxy) is 1. The average molecular weight is 585 g/mol. The van der Waals surface area contributed by atoms with Gasteiger partial charge in [0.15, 0.2) is 0 Å². The second-order valence-electron chi connectivity index (χ2n) is 10.3. The van der Waals surface area contributed by atoms with Crippen molar-refractivity contribution in [3.05, 3.63) is 66.0 Å². The van der Waals surface area contributed by atoms with Crippen molar-refractivity contribution in [3.63, 3.8) is 0 Å². The first-order valence-corrected chi connectivity index (χ1v) is 13.5. The van der Waals surface area contributed by atoms with Gasteiger partial charge in [-0.1, -0.05) is 0 Å². The van der Waals surface area contributed by atoms with Crippen LogP contribution >= 0.6 is 0 Å². The number of carbonyl (C=O) groups is 1. The fourth-order valence-corrected chi connectivity index (χ4v) is 5.81. The van der Waals surface area contributed by atoms with E-state index in [0.717, 1.165) is 22.5 Å². The van der Waals surface area contributed by atoms with Gasteiger partial charge < -0.3 is 19.3 Å². The summed E-state index contributed by atoms with van der Waals surface area (Å²) in [7, 11) is -1.33. The Morgan fingerprint density at radius 2 is 1.80 bits per heavy atom. The summed E-state index contributed by atoms with van der Waals surface area (Å²) in [4.78, 5) is 16.7. The lowest BCUT2D eigenvalue weighted by Crippen LogP contribution is -2.42. The molecule has 0 saturated heterocycles. The minimum absolute atomic E-state index is 0.0749. The first kappa shape index (κ1) is 29.3. The number of benzene rings is 2. The van der Waals surface area contributed by atoms with Gasteiger partial charge in [-0.05, 0) is 44.2 Å². The number of aryl methyl sites for hydroxylation is 1. The van der Waals surface area contributed by atoms with E-state index in [1.165, 1.54) is 37.9 Å². The molecular weight excluding hydrogens is 556 g/mol. The van der Waals surface area contributed by atoms with Gasteiger partial charge in [-0.3, -0.25) is 4.79 Å². The number of aromatic nitrogens is 2. The molecule has 0 radical (unpaired) electrons. The van der Waals surface area contributed by atoms with Crippen molar-refractivity contribution >= 4 is 27.4 Å². The van der Waals surface area contributed by atoms with Crippen LogP contribution in [0, 0.1) is 11.2 Å². The molecule has 1 atom stereocenters. The van der Waals surface area contributed by atoms with Crippen LogP contribution in [0.2, 0.25) is 0 Å². The largest absolute Gasteiger partial charge is 0.492 e. The number of halogens is 4. The normalized spacial score (nSPS) is 17.8. The van der Waals surface area contributed by atoms with Gasteiger partial charge in [-0.2, -0.15) is 17.5 Å². The van der Waals surface area contributed by atoms with Crippen LogP contribution in [0.5, 0.6) is 5.75 Å². The molecule has 3 aromatic rings. The Morgan fingerprint density at radius 3 is 2.35 bits per heavy atom. The maximum Gasteiger partial charge on any atom is 0.420 e. The fraction of sp³-hybridized carbons (Fsp3) is 0.385. The van der Waals surface area contributed by atoms with E-state index in [2.05, 4.69) is 4.98 Å². The maximum absolute atomic E-state index is 14.3. The number of nitrogens with zero attached hydrogens (tertiary/aromatic N) is 4. The Morgan fingerprint density at radius 1 is 1.15 bits per heavy atom. The van der Waals surface area contributed by atoms with Crippen LogP contribution in [0.15, 0.2) is 53.8 Å². The summed E-state index contributed by atoms with van der Waals surface area (Å²) in [5.74, 6) is -2.70. The predicted molar refractivity (Wildman–Crippen MR) is 137 cm³/mol. The zero-order valence-electron chi connectivity index (χ0n) is 22.1. The highest BCUT2D eigenvalue weighted by Gasteiger charge is 2.42. The van der Waals surface area contributed by atoms with Gasteiger partial charge in [0, 0.05) is 51.1 Å². The number of hydrogen-bond donors (Lipinski definition) is 1. The van der Waals surface area contributed by atoms with Crippen LogP contribution in [-0.4, -0.2) is 59.6 Å². The highest BCUT2D eigenvalue weighted by molar-refractivity contribution is 7.89. The van der Waals surface area contributed by atoms with E-state index in [-0.39, 0.29) is 24.3 Å². The molecule has 1 aliphatic heterocycles. The van der Waals surface area contributed by atoms with Gasteiger partial charge in [0.1, 0.15) is 23.1 Å². The van der Waals surface area contributed by atoms with E-state index in [1.807, 2.05) is 0 Å². The number of carboxylic acids is 1. The molecule has 40 heavy (non-hydrogen) atoms. The lowest BCUT2D eigenvalue weighted by molar-refractivity contribution is -0.148. The predicted octanol–water partition coefficient (Wildman–Crippen LogP) is 4.45. The third kappa shape index (κ3) is 5.77. The monoisotopic (exact) mass is 584 g/mol. The maximum atomic E-state index is 14.3. The molecule has 0 unspecified atom stereocenters. The van der Waals surface area contributed by atoms with Crippen molar-refractivity contribution < 1.29 is 40.6 Å². The van der Waals surface area contributed by atoms with Crippen LogP contribution in [0.25, 0.3) is 0 Å². The number of rotatable bonds is 7. The number of aliphatic carboxylic acids is 1. The summed E-state index contributed by atoms with van der Waals surface area (Å²) in [6.45, 7) is 1.82. The lowest BCUT2D eigenvalue weighted by atomic mass is 9.95. The zero-order valence-corrected chi connectivity index (χ0v) is 22.9. The van der Waals surface area contributed by atoms with Gasteiger partial charge in [0.05, 0.1) is 28.7 Å². The van der Waals surface area contributed by atoms with Gasteiger partial charge in [0.25, 0.3) is 0 Å². The van der Waals surface area contributed by atoms with Crippen molar-refractivity contribution in [2.75, 3.05) is 25.1 Å². The van der Waals surface area contributed by atoms with Gasteiger partial charge in [-0.15, -0.1) is 0 Å². The summed E-state index contributed by atoms with van der Waals surface area (Å²) in [5.41, 5.74) is -2.28. The van der Waals surface area contributed by atoms with Crippen LogP contribution in [-0.2, 0) is 34.5 Å². The summed E-state index contributed by atoms with van der Waals surface area (Å²) in [6, 6.07) is 5.63. The minimum atomic E-state index is -4.97. The van der Waals surface area contributed by atoms with Crippen molar-refractivity contribution in [1.82, 2.24) is 13.9 Å². The second kappa shape index (κ2) is 10.4. The molecule has 0 fully saturated rings. The highest BCUT2D eigenvalue weighted by atomic mass is 32.2. The lowest BCUT2D eigenvalue weighted by Gasteiger charge is -2.29. The number of alkyl halides is 3. The molecule has 1 aromatic heterocycles. The smallest absolute Gasteiger partial charge is 0.420 e. The van der Waals surface area contributed by atoms with Crippen molar-refractivity contribution in [2.45, 2.75) is 37.4 Å². The molecule has 0 bridgehead atoms. The molecule has 216 valence electrons. The summed E-state index contributed by atoms with van der Waals surface area (Å²) >= 11 is 0. The Bertz CT molecular complexity index is 1520. The van der Waals surface area contributed by atoms with Crippen LogP contribution in [0.3, 0.4) is 0 Å². The third-order valence-corrected chi connectivity index (χ3v) is 8.67. The average Bonchev–Trinajstić information content (AvgIpc) is 3.25. The Labute approximate surface area is 228 Å². The van der Waals surface area contributed by atoms with Crippen molar-refractivity contribution in [3.8, 4) is 5.75 Å². The Hall–Kier alpha value is -3.65. The van der Waals surface area contributed by atoms with E-state index in [0.29, 0.717) is 11.8 Å². The number of imidazole rings is 1. The molecular formula is C26H28F4N4O5S. The summed E-state index contributed by atoms with van der Waals surface area (Å²) < 4.78 is 92.4. The molecule has 4 rings (SSSR count). The number of sulfonamides is 1. The number of likely N-dealkylation sites (N-methyl/N-ethyl adjacent to an activating group) is 1. The van der Waals surface area contributed by atoms with E-state index < -0.39 is 62.3 Å². The van der Waals surface area contributed by atoms with Crippen LogP contribution in [0.4, 0.5) is 28.9 Å². The van der Waals surface area contributed by atoms with E-state index in [1.54, 1.807) is 24.1 Å². The third-order valence-electron chi connectivity index (χ3n) is 6.73. The molecule has 2 heterocycles. The highest BCUT2D eigenvalue weighted by Crippen LogP contribution is 2.46. The molecule has 0 aliphatic carbocycles. The molecule has 0 spiro atoms. The molecule has 1 N–H and O–H groups in total. The topological polar surface area (TPSA) is 105 Å². The number of anilines is 2. The fourth-order valence-electron chi connectivity index (χ4n) is 4.28. The van der Waals surface area contributed by atoms with Gasteiger partial charge in [-0.25, -0.2) is 17.8 Å². The van der Waals surface area contributed by atoms with Crippen molar-refractivity contribution in [2.24, 2.45) is 12.5 Å².